The summed E-state index contributed by atoms with van der Waals surface area (Å²) in [5.41, 5.74) is 0.637. The molecule has 3 rings (SSSR count). The first-order chi connectivity index (χ1) is 14.1. The Kier molecular flexibility index (Phi) is 6.55. The van der Waals surface area contributed by atoms with Crippen molar-refractivity contribution in [3.63, 3.8) is 0 Å². The first kappa shape index (κ1) is 20.5. The fraction of sp³-hybridized carbons (Fsp3) is 0.263. The van der Waals surface area contributed by atoms with E-state index in [1.54, 1.807) is 32.5 Å². The van der Waals surface area contributed by atoms with Gasteiger partial charge in [-0.25, -0.2) is 9.78 Å². The maximum atomic E-state index is 11.6. The van der Waals surface area contributed by atoms with Crippen LogP contribution in [-0.4, -0.2) is 35.5 Å². The molecule has 0 unspecified atom stereocenters. The summed E-state index contributed by atoms with van der Waals surface area (Å²) in [6.45, 7) is 1.87. The minimum atomic E-state index is -0.757. The van der Waals surface area contributed by atoms with Gasteiger partial charge in [-0.1, -0.05) is 17.8 Å². The monoisotopic (exact) mass is 417 g/mol. The number of rotatable bonds is 9. The number of aromatic nitrogens is 2. The van der Waals surface area contributed by atoms with Crippen LogP contribution in [0.25, 0.3) is 5.69 Å². The number of carbonyl (C=O) groups is 1. The molecule has 9 nitrogen and oxygen atoms in total. The third-order valence-electron chi connectivity index (χ3n) is 4.03. The van der Waals surface area contributed by atoms with Gasteiger partial charge in [0, 0.05) is 0 Å². The van der Waals surface area contributed by atoms with Crippen LogP contribution in [0.1, 0.15) is 17.3 Å². The number of furan rings is 1. The van der Waals surface area contributed by atoms with Gasteiger partial charge in [0.05, 0.1) is 26.8 Å². The van der Waals surface area contributed by atoms with Crippen LogP contribution in [0.2, 0.25) is 0 Å². The first-order valence-electron chi connectivity index (χ1n) is 8.56. The molecule has 2 heterocycles. The highest BCUT2D eigenvalue weighted by Gasteiger charge is 2.22. The Labute approximate surface area is 170 Å². The largest absolute Gasteiger partial charge is 0.494 e. The quantitative estimate of drug-likeness (QED) is 0.295. The zero-order valence-electron chi connectivity index (χ0n) is 16.1. The van der Waals surface area contributed by atoms with E-state index < -0.39 is 5.97 Å². The van der Waals surface area contributed by atoms with Crippen LogP contribution in [0.5, 0.6) is 11.5 Å². The number of carbonyl (C=O) groups excluding carboxylic acids is 1. The van der Waals surface area contributed by atoms with Gasteiger partial charge in [-0.15, -0.1) is 4.91 Å². The molecule has 0 spiro atoms. The molecule has 1 aromatic carbocycles. The van der Waals surface area contributed by atoms with Crippen LogP contribution in [0.15, 0.2) is 51.3 Å². The number of para-hydroxylation sites is 1. The number of thioether (sulfide) groups is 1. The van der Waals surface area contributed by atoms with Gasteiger partial charge in [0.15, 0.2) is 5.34 Å². The van der Waals surface area contributed by atoms with Crippen molar-refractivity contribution in [2.45, 2.75) is 18.4 Å². The van der Waals surface area contributed by atoms with Crippen LogP contribution in [0.3, 0.4) is 0 Å². The topological polar surface area (TPSA) is 105 Å². The Morgan fingerprint density at radius 2 is 1.93 bits per heavy atom. The van der Waals surface area contributed by atoms with E-state index in [4.69, 9.17) is 13.9 Å². The van der Waals surface area contributed by atoms with Gasteiger partial charge in [-0.05, 0) is 31.2 Å². The first-order valence-corrected chi connectivity index (χ1v) is 9.54. The summed E-state index contributed by atoms with van der Waals surface area (Å²) in [5.74, 6) is 2.46. The van der Waals surface area contributed by atoms with Gasteiger partial charge in [0.1, 0.15) is 45.3 Å². The third-order valence-corrected chi connectivity index (χ3v) is 5.00. The molecule has 0 bridgehead atoms. The zero-order chi connectivity index (χ0) is 20.8. The highest BCUT2D eigenvalue weighted by molar-refractivity contribution is 7.99. The normalized spacial score (nSPS) is 10.6. The van der Waals surface area contributed by atoms with Crippen molar-refractivity contribution in [3.05, 3.63) is 58.8 Å². The van der Waals surface area contributed by atoms with Crippen molar-refractivity contribution in [2.75, 3.05) is 20.0 Å². The number of hydrogen-bond acceptors (Lipinski definition) is 9. The Balaban J connectivity index is 2.07. The van der Waals surface area contributed by atoms with E-state index in [-0.39, 0.29) is 5.75 Å². The maximum absolute atomic E-state index is 11.6. The summed E-state index contributed by atoms with van der Waals surface area (Å²) >= 11 is 1.15. The Hall–Kier alpha value is -3.27. The van der Waals surface area contributed by atoms with Gasteiger partial charge < -0.3 is 13.9 Å². The second-order valence-corrected chi connectivity index (χ2v) is 6.87. The Morgan fingerprint density at radius 1 is 1.21 bits per heavy atom. The van der Waals surface area contributed by atoms with Crippen LogP contribution >= 0.6 is 11.8 Å². The number of aryl methyl sites for hydroxylation is 1. The number of nitrogens with zero attached hydrogens (tertiary/aromatic N) is 3. The lowest BCUT2D eigenvalue weighted by Gasteiger charge is -2.17. The predicted octanol–water partition coefficient (Wildman–Crippen LogP) is 3.70. The molecule has 0 amide bonds. The van der Waals surface area contributed by atoms with Crippen LogP contribution in [0.4, 0.5) is 0 Å². The second kappa shape index (κ2) is 9.28. The maximum Gasteiger partial charge on any atom is 0.348 e. The average molecular weight is 417 g/mol. The standard InChI is InChI=1S/C19H19N3O6S/c1-12-7-8-13(27-12)9-16-20-10-17(29-11-18(23)28-21-24)22(16)19-14(25-2)5-4-6-15(19)26-3/h4-8,10H,9,11H2,1-3H3. The average Bonchev–Trinajstić information content (AvgIpc) is 3.31. The molecule has 0 aliphatic heterocycles. The summed E-state index contributed by atoms with van der Waals surface area (Å²) in [7, 11) is 3.12. The smallest absolute Gasteiger partial charge is 0.348 e. The van der Waals surface area contributed by atoms with Crippen molar-refractivity contribution >= 4 is 17.7 Å². The molecule has 0 aliphatic carbocycles. The lowest BCUT2D eigenvalue weighted by molar-refractivity contribution is -0.140. The second-order valence-electron chi connectivity index (χ2n) is 5.87. The third kappa shape index (κ3) is 4.60. The van der Waals surface area contributed by atoms with Crippen molar-refractivity contribution in [3.8, 4) is 17.2 Å². The van der Waals surface area contributed by atoms with E-state index in [9.17, 15) is 9.70 Å². The molecule has 0 saturated heterocycles. The highest BCUT2D eigenvalue weighted by atomic mass is 32.2. The van der Waals surface area contributed by atoms with E-state index in [2.05, 4.69) is 15.2 Å². The fourth-order valence-corrected chi connectivity index (χ4v) is 3.60. The summed E-state index contributed by atoms with van der Waals surface area (Å²) in [6.07, 6.45) is 2.04. The molecule has 2 aromatic heterocycles. The van der Waals surface area contributed by atoms with E-state index in [1.165, 1.54) is 0 Å². The van der Waals surface area contributed by atoms with Gasteiger partial charge in [-0.2, -0.15) is 0 Å². The molecule has 0 saturated carbocycles. The van der Waals surface area contributed by atoms with Crippen LogP contribution in [-0.2, 0) is 16.1 Å². The van der Waals surface area contributed by atoms with E-state index in [0.29, 0.717) is 34.5 Å². The van der Waals surface area contributed by atoms with E-state index in [0.717, 1.165) is 23.3 Å². The van der Waals surface area contributed by atoms with Crippen LogP contribution < -0.4 is 9.47 Å². The SMILES string of the molecule is COc1cccc(OC)c1-n1c(SCC(=O)ON=O)cnc1Cc1ccc(C)o1. The molecule has 0 atom stereocenters. The van der Waals surface area contributed by atoms with Gasteiger partial charge >= 0.3 is 5.97 Å². The summed E-state index contributed by atoms with van der Waals surface area (Å²) in [6, 6.07) is 9.18. The number of imidazole rings is 1. The van der Waals surface area contributed by atoms with Crippen molar-refractivity contribution < 1.29 is 23.5 Å². The minimum absolute atomic E-state index is 0.117. The molecule has 152 valence electrons. The number of hydrogen-bond donors (Lipinski definition) is 0. The molecule has 3 aromatic rings. The molecular weight excluding hydrogens is 398 g/mol. The molecule has 0 N–H and O–H groups in total. The molecular formula is C19H19N3O6S. The summed E-state index contributed by atoms with van der Waals surface area (Å²) < 4.78 is 18.6. The van der Waals surface area contributed by atoms with Crippen molar-refractivity contribution in [2.24, 2.45) is 5.34 Å². The van der Waals surface area contributed by atoms with Crippen molar-refractivity contribution in [1.29, 1.82) is 0 Å². The summed E-state index contributed by atoms with van der Waals surface area (Å²) in [5, 5.41) is 2.79. The van der Waals surface area contributed by atoms with Gasteiger partial charge in [0.2, 0.25) is 0 Å². The molecule has 10 heteroatoms. The van der Waals surface area contributed by atoms with Crippen molar-refractivity contribution in [1.82, 2.24) is 9.55 Å². The molecule has 0 radical (unpaired) electrons. The highest BCUT2D eigenvalue weighted by Crippen LogP contribution is 2.37. The van der Waals surface area contributed by atoms with E-state index in [1.807, 2.05) is 29.7 Å². The Morgan fingerprint density at radius 3 is 2.52 bits per heavy atom. The zero-order valence-corrected chi connectivity index (χ0v) is 16.9. The Bertz CT molecular complexity index is 991. The van der Waals surface area contributed by atoms with Crippen LogP contribution in [0, 0.1) is 11.8 Å². The lowest BCUT2D eigenvalue weighted by atomic mass is 10.2. The lowest BCUT2D eigenvalue weighted by Crippen LogP contribution is -2.09. The van der Waals surface area contributed by atoms with Gasteiger partial charge in [-0.3, -0.25) is 9.40 Å². The number of methoxy groups -OCH3 is 2. The molecule has 0 aliphatic rings. The predicted molar refractivity (Wildman–Crippen MR) is 106 cm³/mol. The minimum Gasteiger partial charge on any atom is -0.494 e. The summed E-state index contributed by atoms with van der Waals surface area (Å²) in [4.78, 5) is 30.3. The van der Waals surface area contributed by atoms with E-state index >= 15 is 0 Å². The number of benzene rings is 1. The molecule has 0 fully saturated rings. The van der Waals surface area contributed by atoms with Gasteiger partial charge in [0.25, 0.3) is 0 Å². The fourth-order valence-electron chi connectivity index (χ4n) is 2.83. The number of ether oxygens (including phenoxy) is 2. The molecule has 29 heavy (non-hydrogen) atoms.